The number of piperazine rings is 1. The summed E-state index contributed by atoms with van der Waals surface area (Å²) < 4.78 is 0. The Balaban J connectivity index is 1.56. The highest BCUT2D eigenvalue weighted by Gasteiger charge is 2.19. The fourth-order valence-electron chi connectivity index (χ4n) is 3.13. The van der Waals surface area contributed by atoms with E-state index < -0.39 is 0 Å². The molecule has 4 rings (SSSR count). The van der Waals surface area contributed by atoms with Crippen molar-refractivity contribution in [2.75, 3.05) is 48.8 Å². The SMILES string of the molecule is CC(C)c1cnc(Nc2nc(NCc3ccccc3)nc(N3CCN(C)CC3)n2)s1. The minimum absolute atomic E-state index is 0.445. The van der Waals surface area contributed by atoms with Gasteiger partial charge in [-0.2, -0.15) is 15.0 Å². The highest BCUT2D eigenvalue weighted by atomic mass is 32.1. The molecular weight excluding hydrogens is 396 g/mol. The number of aromatic nitrogens is 4. The molecule has 1 aliphatic rings. The minimum Gasteiger partial charge on any atom is -0.350 e. The van der Waals surface area contributed by atoms with Crippen molar-refractivity contribution in [1.82, 2.24) is 24.8 Å². The first-order chi connectivity index (χ1) is 14.6. The first kappa shape index (κ1) is 20.5. The van der Waals surface area contributed by atoms with E-state index in [1.54, 1.807) is 11.3 Å². The smallest absolute Gasteiger partial charge is 0.235 e. The first-order valence-electron chi connectivity index (χ1n) is 10.3. The fourth-order valence-corrected chi connectivity index (χ4v) is 3.94. The van der Waals surface area contributed by atoms with Crippen LogP contribution in [0.1, 0.15) is 30.2 Å². The van der Waals surface area contributed by atoms with Crippen molar-refractivity contribution >= 4 is 34.3 Å². The molecule has 0 saturated carbocycles. The Morgan fingerprint density at radius 1 is 1.00 bits per heavy atom. The molecule has 8 nitrogen and oxygen atoms in total. The van der Waals surface area contributed by atoms with Crippen molar-refractivity contribution in [2.45, 2.75) is 26.3 Å². The van der Waals surface area contributed by atoms with E-state index >= 15 is 0 Å². The Kier molecular flexibility index (Phi) is 6.39. The Morgan fingerprint density at radius 2 is 1.73 bits per heavy atom. The zero-order valence-corrected chi connectivity index (χ0v) is 18.5. The van der Waals surface area contributed by atoms with E-state index in [9.17, 15) is 0 Å². The zero-order chi connectivity index (χ0) is 20.9. The van der Waals surface area contributed by atoms with Gasteiger partial charge >= 0.3 is 0 Å². The van der Waals surface area contributed by atoms with Gasteiger partial charge in [0, 0.05) is 43.8 Å². The molecule has 2 aromatic heterocycles. The predicted octanol–water partition coefficient (Wildman–Crippen LogP) is 3.56. The van der Waals surface area contributed by atoms with Gasteiger partial charge in [0.15, 0.2) is 5.13 Å². The maximum absolute atomic E-state index is 4.69. The summed E-state index contributed by atoms with van der Waals surface area (Å²) in [6.45, 7) is 8.76. The largest absolute Gasteiger partial charge is 0.350 e. The number of rotatable bonds is 7. The molecule has 30 heavy (non-hydrogen) atoms. The molecule has 158 valence electrons. The highest BCUT2D eigenvalue weighted by Crippen LogP contribution is 2.27. The molecule has 1 aliphatic heterocycles. The normalized spacial score (nSPS) is 14.9. The lowest BCUT2D eigenvalue weighted by molar-refractivity contribution is 0.311. The van der Waals surface area contributed by atoms with E-state index in [1.807, 2.05) is 24.4 Å². The molecule has 3 aromatic rings. The number of hydrogen-bond donors (Lipinski definition) is 2. The van der Waals surface area contributed by atoms with Gasteiger partial charge in [-0.1, -0.05) is 44.2 Å². The lowest BCUT2D eigenvalue weighted by atomic mass is 10.2. The van der Waals surface area contributed by atoms with Gasteiger partial charge in [-0.25, -0.2) is 4.98 Å². The first-order valence-corrected chi connectivity index (χ1v) is 11.1. The van der Waals surface area contributed by atoms with Crippen LogP contribution in [0.5, 0.6) is 0 Å². The molecule has 0 amide bonds. The molecule has 0 radical (unpaired) electrons. The summed E-state index contributed by atoms with van der Waals surface area (Å²) in [5.74, 6) is 2.21. The average Bonchev–Trinajstić information content (AvgIpc) is 3.22. The van der Waals surface area contributed by atoms with Crippen LogP contribution in [-0.2, 0) is 6.54 Å². The molecule has 0 spiro atoms. The fraction of sp³-hybridized carbons (Fsp3) is 0.429. The second-order valence-corrected chi connectivity index (χ2v) is 8.82. The van der Waals surface area contributed by atoms with E-state index in [4.69, 9.17) is 0 Å². The van der Waals surface area contributed by atoms with Crippen LogP contribution < -0.4 is 15.5 Å². The molecular formula is C21H28N8S. The van der Waals surface area contributed by atoms with Crippen LogP contribution in [0, 0.1) is 0 Å². The molecule has 0 unspecified atom stereocenters. The number of nitrogens with one attached hydrogen (secondary N) is 2. The van der Waals surface area contributed by atoms with Gasteiger partial charge in [-0.05, 0) is 18.5 Å². The number of nitrogens with zero attached hydrogens (tertiary/aromatic N) is 6. The third kappa shape index (κ3) is 5.22. The summed E-state index contributed by atoms with van der Waals surface area (Å²) in [4.78, 5) is 24.2. The number of likely N-dealkylation sites (N-methyl/N-ethyl adjacent to an activating group) is 1. The van der Waals surface area contributed by atoms with Crippen LogP contribution in [0.15, 0.2) is 36.5 Å². The highest BCUT2D eigenvalue weighted by molar-refractivity contribution is 7.15. The monoisotopic (exact) mass is 424 g/mol. The van der Waals surface area contributed by atoms with Gasteiger partial charge in [-0.3, -0.25) is 5.32 Å². The molecule has 0 bridgehead atoms. The van der Waals surface area contributed by atoms with Gasteiger partial charge < -0.3 is 15.1 Å². The second kappa shape index (κ2) is 9.36. The van der Waals surface area contributed by atoms with Gasteiger partial charge in [0.05, 0.1) is 0 Å². The molecule has 2 N–H and O–H groups in total. The van der Waals surface area contributed by atoms with E-state index in [0.29, 0.717) is 30.3 Å². The number of thiazole rings is 1. The van der Waals surface area contributed by atoms with Gasteiger partial charge in [0.2, 0.25) is 17.8 Å². The Morgan fingerprint density at radius 3 is 2.43 bits per heavy atom. The summed E-state index contributed by atoms with van der Waals surface area (Å²) >= 11 is 1.63. The third-order valence-electron chi connectivity index (χ3n) is 5.01. The lowest BCUT2D eigenvalue weighted by Gasteiger charge is -2.32. The zero-order valence-electron chi connectivity index (χ0n) is 17.7. The molecule has 1 aromatic carbocycles. The maximum atomic E-state index is 4.69. The van der Waals surface area contributed by atoms with Crippen LogP contribution in [0.4, 0.5) is 23.0 Å². The van der Waals surface area contributed by atoms with Crippen molar-refractivity contribution in [3.05, 3.63) is 47.0 Å². The molecule has 9 heteroatoms. The maximum Gasteiger partial charge on any atom is 0.235 e. The summed E-state index contributed by atoms with van der Waals surface area (Å²) in [5, 5.41) is 7.41. The van der Waals surface area contributed by atoms with Crippen molar-refractivity contribution in [3.63, 3.8) is 0 Å². The Hall–Kier alpha value is -2.78. The van der Waals surface area contributed by atoms with Crippen molar-refractivity contribution in [3.8, 4) is 0 Å². The van der Waals surface area contributed by atoms with Crippen LogP contribution in [-0.4, -0.2) is 58.1 Å². The summed E-state index contributed by atoms with van der Waals surface area (Å²) in [6.07, 6.45) is 1.91. The second-order valence-electron chi connectivity index (χ2n) is 7.76. The minimum atomic E-state index is 0.445. The number of benzene rings is 1. The Labute approximate surface area is 181 Å². The topological polar surface area (TPSA) is 82.1 Å². The quantitative estimate of drug-likeness (QED) is 0.596. The Bertz CT molecular complexity index is 951. The van der Waals surface area contributed by atoms with Crippen molar-refractivity contribution in [2.24, 2.45) is 0 Å². The van der Waals surface area contributed by atoms with Crippen LogP contribution >= 0.6 is 11.3 Å². The number of anilines is 4. The van der Waals surface area contributed by atoms with Gasteiger partial charge in [-0.15, -0.1) is 11.3 Å². The lowest BCUT2D eigenvalue weighted by Crippen LogP contribution is -2.45. The van der Waals surface area contributed by atoms with Crippen LogP contribution in [0.25, 0.3) is 0 Å². The van der Waals surface area contributed by atoms with Gasteiger partial charge in [0.1, 0.15) is 0 Å². The molecule has 1 fully saturated rings. The molecule has 0 atom stereocenters. The van der Waals surface area contributed by atoms with Crippen LogP contribution in [0.2, 0.25) is 0 Å². The van der Waals surface area contributed by atoms with Crippen LogP contribution in [0.3, 0.4) is 0 Å². The summed E-state index contributed by atoms with van der Waals surface area (Å²) in [7, 11) is 2.14. The molecule has 3 heterocycles. The summed E-state index contributed by atoms with van der Waals surface area (Å²) in [6, 6.07) is 10.2. The standard InChI is InChI=1S/C21H28N8S/c1-15(2)17-14-23-21(30-17)27-19-24-18(22-13-16-7-5-4-6-8-16)25-20(26-19)29-11-9-28(3)10-12-29/h4-8,14-15H,9-13H2,1-3H3,(H2,22,23,24,25,26,27). The van der Waals surface area contributed by atoms with E-state index in [0.717, 1.165) is 31.3 Å². The van der Waals surface area contributed by atoms with E-state index in [1.165, 1.54) is 10.4 Å². The van der Waals surface area contributed by atoms with E-state index in [2.05, 4.69) is 73.4 Å². The number of hydrogen-bond acceptors (Lipinski definition) is 9. The predicted molar refractivity (Wildman–Crippen MR) is 123 cm³/mol. The van der Waals surface area contributed by atoms with Gasteiger partial charge in [0.25, 0.3) is 0 Å². The van der Waals surface area contributed by atoms with Crippen molar-refractivity contribution in [1.29, 1.82) is 0 Å². The molecule has 1 saturated heterocycles. The van der Waals surface area contributed by atoms with E-state index in [-0.39, 0.29) is 0 Å². The van der Waals surface area contributed by atoms with Crippen molar-refractivity contribution < 1.29 is 0 Å². The third-order valence-corrected chi connectivity index (χ3v) is 6.23. The average molecular weight is 425 g/mol. The summed E-state index contributed by atoms with van der Waals surface area (Å²) in [5.41, 5.74) is 1.18. The molecule has 0 aliphatic carbocycles.